The van der Waals surface area contributed by atoms with Gasteiger partial charge < -0.3 is 14.2 Å². The average molecular weight is 442 g/mol. The van der Waals surface area contributed by atoms with Crippen LogP contribution in [0.5, 0.6) is 0 Å². The van der Waals surface area contributed by atoms with Crippen molar-refractivity contribution in [1.82, 2.24) is 15.0 Å². The molecule has 0 N–H and O–H groups in total. The second-order valence-electron chi connectivity index (χ2n) is 8.12. The monoisotopic (exact) mass is 441 g/mol. The first-order chi connectivity index (χ1) is 14.8. The van der Waals surface area contributed by atoms with Crippen molar-refractivity contribution in [1.29, 1.82) is 0 Å². The summed E-state index contributed by atoms with van der Waals surface area (Å²) in [6.07, 6.45) is 3.37. The molecule has 8 heteroatoms. The molecule has 1 aliphatic heterocycles. The van der Waals surface area contributed by atoms with Crippen LogP contribution in [0.25, 0.3) is 22.4 Å². The second-order valence-corrected chi connectivity index (χ2v) is 9.58. The Kier molecular flexibility index (Phi) is 6.09. The van der Waals surface area contributed by atoms with E-state index >= 15 is 0 Å². The summed E-state index contributed by atoms with van der Waals surface area (Å²) in [5.74, 6) is -0.715. The van der Waals surface area contributed by atoms with Crippen molar-refractivity contribution in [2.45, 2.75) is 59.5 Å². The molecule has 31 heavy (non-hydrogen) atoms. The Morgan fingerprint density at radius 2 is 1.84 bits per heavy atom. The van der Waals surface area contributed by atoms with Crippen molar-refractivity contribution in [2.75, 3.05) is 13.1 Å². The van der Waals surface area contributed by atoms with Crippen LogP contribution in [-0.4, -0.2) is 46.1 Å². The average Bonchev–Trinajstić information content (AvgIpc) is 3.15. The summed E-state index contributed by atoms with van der Waals surface area (Å²) in [4.78, 5) is 34.6. The zero-order valence-electron chi connectivity index (χ0n) is 18.4. The van der Waals surface area contributed by atoms with Gasteiger partial charge in [0, 0.05) is 28.4 Å². The van der Waals surface area contributed by atoms with Gasteiger partial charge in [-0.3, -0.25) is 4.79 Å². The normalized spacial score (nSPS) is 15.7. The van der Waals surface area contributed by atoms with E-state index in [1.807, 2.05) is 19.9 Å². The predicted octanol–water partition coefficient (Wildman–Crippen LogP) is 4.82. The highest BCUT2D eigenvalue weighted by Crippen LogP contribution is 2.33. The van der Waals surface area contributed by atoms with E-state index in [9.17, 15) is 9.59 Å². The maximum Gasteiger partial charge on any atom is 0.339 e. The molecule has 0 aliphatic carbocycles. The number of amides is 1. The van der Waals surface area contributed by atoms with Gasteiger partial charge in [-0.1, -0.05) is 18.0 Å². The van der Waals surface area contributed by atoms with Crippen LogP contribution in [0.3, 0.4) is 0 Å². The molecule has 7 nitrogen and oxygen atoms in total. The van der Waals surface area contributed by atoms with Crippen molar-refractivity contribution >= 4 is 34.3 Å². The van der Waals surface area contributed by atoms with E-state index in [0.29, 0.717) is 35.4 Å². The fourth-order valence-electron chi connectivity index (χ4n) is 4.10. The SMILES string of the molecule is Cc1cc(-c2cc(C(=O)OC(C)C(=O)N3CCCCCC3)c3c(C)noc3n2)c(C)s1. The highest BCUT2D eigenvalue weighted by molar-refractivity contribution is 7.12. The quantitative estimate of drug-likeness (QED) is 0.540. The van der Waals surface area contributed by atoms with E-state index in [2.05, 4.69) is 10.1 Å². The summed E-state index contributed by atoms with van der Waals surface area (Å²) in [6, 6.07) is 3.75. The maximum absolute atomic E-state index is 13.2. The molecule has 1 amide bonds. The van der Waals surface area contributed by atoms with Crippen LogP contribution >= 0.6 is 11.3 Å². The number of rotatable bonds is 4. The van der Waals surface area contributed by atoms with Crippen LogP contribution in [0.1, 0.15) is 58.4 Å². The van der Waals surface area contributed by atoms with Crippen LogP contribution in [-0.2, 0) is 9.53 Å². The minimum atomic E-state index is -0.859. The van der Waals surface area contributed by atoms with Gasteiger partial charge in [0.15, 0.2) is 6.10 Å². The Morgan fingerprint density at radius 1 is 1.13 bits per heavy atom. The third kappa shape index (κ3) is 4.35. The van der Waals surface area contributed by atoms with Crippen molar-refractivity contribution in [2.24, 2.45) is 0 Å². The molecule has 0 bridgehead atoms. The summed E-state index contributed by atoms with van der Waals surface area (Å²) >= 11 is 1.67. The first-order valence-electron chi connectivity index (χ1n) is 10.7. The van der Waals surface area contributed by atoms with Gasteiger partial charge in [0.1, 0.15) is 0 Å². The highest BCUT2D eigenvalue weighted by atomic mass is 32.1. The number of nitrogens with zero attached hydrogens (tertiary/aromatic N) is 3. The minimum absolute atomic E-state index is 0.146. The lowest BCUT2D eigenvalue weighted by Gasteiger charge is -2.24. The molecule has 1 unspecified atom stereocenters. The first-order valence-corrected chi connectivity index (χ1v) is 11.5. The maximum atomic E-state index is 13.2. The molecule has 0 radical (unpaired) electrons. The Morgan fingerprint density at radius 3 is 2.48 bits per heavy atom. The lowest BCUT2D eigenvalue weighted by atomic mass is 10.1. The smallest absolute Gasteiger partial charge is 0.339 e. The zero-order chi connectivity index (χ0) is 22.1. The second kappa shape index (κ2) is 8.78. The van der Waals surface area contributed by atoms with Gasteiger partial charge in [0.25, 0.3) is 11.6 Å². The summed E-state index contributed by atoms with van der Waals surface area (Å²) in [5.41, 5.74) is 2.74. The fourth-order valence-corrected chi connectivity index (χ4v) is 5.03. The molecule has 1 atom stereocenters. The van der Waals surface area contributed by atoms with Crippen LogP contribution in [0, 0.1) is 20.8 Å². The third-order valence-electron chi connectivity index (χ3n) is 5.70. The number of hydrogen-bond donors (Lipinski definition) is 0. The van der Waals surface area contributed by atoms with Crippen molar-refractivity contribution in [3.05, 3.63) is 33.1 Å². The van der Waals surface area contributed by atoms with E-state index in [4.69, 9.17) is 9.26 Å². The van der Waals surface area contributed by atoms with E-state index in [1.165, 1.54) is 0 Å². The van der Waals surface area contributed by atoms with Gasteiger partial charge in [-0.2, -0.15) is 0 Å². The zero-order valence-corrected chi connectivity index (χ0v) is 19.2. The lowest BCUT2D eigenvalue weighted by molar-refractivity contribution is -0.139. The van der Waals surface area contributed by atoms with Gasteiger partial charge in [0.2, 0.25) is 0 Å². The first kappa shape index (κ1) is 21.5. The number of carbonyl (C=O) groups is 2. The molecular weight excluding hydrogens is 414 g/mol. The topological polar surface area (TPSA) is 85.5 Å². The standard InChI is InChI=1S/C23H27N3O4S/c1-13-11-17(16(4)31-13)19-12-18(20-14(2)25-30-21(20)24-19)23(28)29-15(3)22(27)26-9-7-5-6-8-10-26/h11-12,15H,5-10H2,1-4H3. The van der Waals surface area contributed by atoms with Gasteiger partial charge in [0.05, 0.1) is 22.3 Å². The molecule has 4 rings (SSSR count). The number of carbonyl (C=O) groups excluding carboxylic acids is 2. The highest BCUT2D eigenvalue weighted by Gasteiger charge is 2.27. The molecule has 3 aromatic rings. The molecule has 0 spiro atoms. The number of pyridine rings is 1. The summed E-state index contributed by atoms with van der Waals surface area (Å²) in [5, 5.41) is 4.50. The molecule has 1 saturated heterocycles. The summed E-state index contributed by atoms with van der Waals surface area (Å²) in [6.45, 7) is 8.87. The minimum Gasteiger partial charge on any atom is -0.449 e. The summed E-state index contributed by atoms with van der Waals surface area (Å²) < 4.78 is 11.0. The number of esters is 1. The lowest BCUT2D eigenvalue weighted by Crippen LogP contribution is -2.40. The van der Waals surface area contributed by atoms with E-state index < -0.39 is 12.1 Å². The van der Waals surface area contributed by atoms with Gasteiger partial charge in [-0.15, -0.1) is 11.3 Å². The van der Waals surface area contributed by atoms with E-state index in [1.54, 1.807) is 36.2 Å². The molecule has 0 saturated carbocycles. The number of hydrogen-bond acceptors (Lipinski definition) is 7. The molecule has 0 aromatic carbocycles. The number of fused-ring (bicyclic) bond motifs is 1. The largest absolute Gasteiger partial charge is 0.449 e. The van der Waals surface area contributed by atoms with Gasteiger partial charge >= 0.3 is 5.97 Å². The van der Waals surface area contributed by atoms with Crippen LogP contribution in [0.4, 0.5) is 0 Å². The van der Waals surface area contributed by atoms with Gasteiger partial charge in [-0.05, 0) is 52.7 Å². The Labute approximate surface area is 185 Å². The van der Waals surface area contributed by atoms with Crippen LogP contribution in [0.2, 0.25) is 0 Å². The molecule has 3 aromatic heterocycles. The summed E-state index contributed by atoms with van der Waals surface area (Å²) in [7, 11) is 0. The van der Waals surface area contributed by atoms with E-state index in [-0.39, 0.29) is 11.6 Å². The van der Waals surface area contributed by atoms with Crippen LogP contribution in [0.15, 0.2) is 16.7 Å². The number of likely N-dealkylation sites (tertiary alicyclic amines) is 1. The molecule has 164 valence electrons. The van der Waals surface area contributed by atoms with Crippen molar-refractivity contribution in [3.8, 4) is 11.3 Å². The van der Waals surface area contributed by atoms with E-state index in [0.717, 1.165) is 41.0 Å². The molecule has 4 heterocycles. The van der Waals surface area contributed by atoms with Crippen LogP contribution < -0.4 is 0 Å². The third-order valence-corrected chi connectivity index (χ3v) is 6.67. The fraction of sp³-hybridized carbons (Fsp3) is 0.478. The molecular formula is C23H27N3O4S. The number of aromatic nitrogens is 2. The van der Waals surface area contributed by atoms with Gasteiger partial charge in [-0.25, -0.2) is 9.78 Å². The number of thiophene rings is 1. The number of ether oxygens (including phenoxy) is 1. The Hall–Kier alpha value is -2.74. The molecule has 1 fully saturated rings. The molecule has 1 aliphatic rings. The Bertz CT molecular complexity index is 1130. The predicted molar refractivity (Wildman–Crippen MR) is 119 cm³/mol. The van der Waals surface area contributed by atoms with Crippen molar-refractivity contribution < 1.29 is 18.8 Å². The number of aryl methyl sites for hydroxylation is 3. The van der Waals surface area contributed by atoms with Crippen molar-refractivity contribution in [3.63, 3.8) is 0 Å². The Balaban J connectivity index is 1.64.